The smallest absolute Gasteiger partial charge is 0.329 e. The van der Waals surface area contributed by atoms with Crippen LogP contribution >= 0.6 is 0 Å². The fraction of sp³-hybridized carbons (Fsp3) is 0.450. The molecule has 296 valence electrons. The number of para-hydroxylation sites is 1. The van der Waals surface area contributed by atoms with Crippen molar-refractivity contribution < 1.29 is 19.2 Å². The molecule has 1 unspecified atom stereocenters. The SMILES string of the molecule is CN(C)C(=O)c1cc2cnc(Nc3ccc(C(=O)N4CCN(C5CN(c6cccc7c6n(C)c(=O)n7C6CCC(=O)NC6=O)C5)CC4)cn3)nc2n1C1CCCC1. The number of rotatable bonds is 8. The van der Waals surface area contributed by atoms with Crippen LogP contribution in [0.5, 0.6) is 0 Å². The Morgan fingerprint density at radius 3 is 2.37 bits per heavy atom. The summed E-state index contributed by atoms with van der Waals surface area (Å²) in [6.45, 7) is 4.25. The summed E-state index contributed by atoms with van der Waals surface area (Å²) in [5.41, 5.74) is 3.94. The summed E-state index contributed by atoms with van der Waals surface area (Å²) >= 11 is 0. The van der Waals surface area contributed by atoms with Gasteiger partial charge in [0.15, 0.2) is 0 Å². The number of imidazole rings is 1. The van der Waals surface area contributed by atoms with E-state index in [1.165, 1.54) is 4.57 Å². The highest BCUT2D eigenvalue weighted by atomic mass is 16.2. The first kappa shape index (κ1) is 36.5. The van der Waals surface area contributed by atoms with Crippen molar-refractivity contribution in [2.24, 2.45) is 7.05 Å². The standard InChI is InChI=1S/C40H46N12O5/c1-46(2)38(56)31-19-25-21-42-39(45-35(25)51(31)26-7-4-5-8-26)43-32-13-11-24(20-41-32)37(55)49-17-15-48(16-18-49)27-22-50(23-27)28-9-6-10-29-34(28)47(3)40(57)52(29)30-12-14-33(53)44-36(30)54/h6,9-11,13,19-21,26-27,30H,4-5,7-8,12,14-18,22-23H2,1-3H3,(H,44,53,54)(H,41,42,43,45). The van der Waals surface area contributed by atoms with Crippen molar-refractivity contribution in [1.29, 1.82) is 0 Å². The van der Waals surface area contributed by atoms with Gasteiger partial charge in [-0.05, 0) is 49.6 Å². The van der Waals surface area contributed by atoms with E-state index in [-0.39, 0.29) is 35.9 Å². The molecule has 0 bridgehead atoms. The third-order valence-electron chi connectivity index (χ3n) is 12.1. The van der Waals surface area contributed by atoms with E-state index in [9.17, 15) is 24.0 Å². The number of hydrogen-bond donors (Lipinski definition) is 2. The maximum absolute atomic E-state index is 13.5. The van der Waals surface area contributed by atoms with Crippen LogP contribution in [0.15, 0.2) is 53.6 Å². The van der Waals surface area contributed by atoms with Crippen molar-refractivity contribution in [2.75, 3.05) is 63.6 Å². The van der Waals surface area contributed by atoms with Crippen molar-refractivity contribution in [1.82, 2.24) is 48.7 Å². The molecule has 0 spiro atoms. The third-order valence-corrected chi connectivity index (χ3v) is 12.1. The number of anilines is 3. The van der Waals surface area contributed by atoms with Gasteiger partial charge in [-0.1, -0.05) is 18.9 Å². The Morgan fingerprint density at radius 2 is 1.67 bits per heavy atom. The molecule has 4 amide bonds. The second-order valence-electron chi connectivity index (χ2n) is 15.8. The van der Waals surface area contributed by atoms with Crippen LogP contribution < -0.4 is 21.2 Å². The van der Waals surface area contributed by atoms with Crippen molar-refractivity contribution in [3.05, 3.63) is 70.5 Å². The molecule has 7 heterocycles. The fourth-order valence-electron chi connectivity index (χ4n) is 8.96. The van der Waals surface area contributed by atoms with Crippen molar-refractivity contribution in [3.8, 4) is 0 Å². The Hall–Kier alpha value is -6.10. The summed E-state index contributed by atoms with van der Waals surface area (Å²) in [6.07, 6.45) is 8.05. The molecule has 1 aliphatic carbocycles. The van der Waals surface area contributed by atoms with Crippen LogP contribution in [-0.4, -0.2) is 126 Å². The molecule has 4 aromatic heterocycles. The maximum atomic E-state index is 13.5. The van der Waals surface area contributed by atoms with Crippen LogP contribution in [0.4, 0.5) is 17.5 Å². The minimum Gasteiger partial charge on any atom is -0.367 e. The van der Waals surface area contributed by atoms with E-state index in [1.54, 1.807) is 55.1 Å². The molecule has 5 aromatic rings. The number of benzene rings is 1. The zero-order valence-electron chi connectivity index (χ0n) is 32.3. The van der Waals surface area contributed by atoms with Gasteiger partial charge in [-0.25, -0.2) is 14.8 Å². The molecule has 17 nitrogen and oxygen atoms in total. The Bertz CT molecular complexity index is 2470. The van der Waals surface area contributed by atoms with Crippen LogP contribution in [0.3, 0.4) is 0 Å². The number of pyridine rings is 1. The van der Waals surface area contributed by atoms with Gasteiger partial charge in [0.05, 0.1) is 22.3 Å². The molecule has 0 radical (unpaired) electrons. The van der Waals surface area contributed by atoms with Gasteiger partial charge in [-0.2, -0.15) is 4.98 Å². The molecule has 1 atom stereocenters. The van der Waals surface area contributed by atoms with E-state index >= 15 is 0 Å². The lowest BCUT2D eigenvalue weighted by Crippen LogP contribution is -2.63. The Morgan fingerprint density at radius 1 is 0.895 bits per heavy atom. The molecular weight excluding hydrogens is 729 g/mol. The van der Waals surface area contributed by atoms with E-state index < -0.39 is 11.9 Å². The number of carbonyl (C=O) groups excluding carboxylic acids is 4. The summed E-state index contributed by atoms with van der Waals surface area (Å²) in [5, 5.41) is 6.36. The van der Waals surface area contributed by atoms with Gasteiger partial charge in [0.1, 0.15) is 23.2 Å². The first-order valence-corrected chi connectivity index (χ1v) is 19.7. The number of imide groups is 1. The second kappa shape index (κ2) is 14.4. The predicted molar refractivity (Wildman–Crippen MR) is 213 cm³/mol. The molecular formula is C40H46N12O5. The monoisotopic (exact) mass is 774 g/mol. The molecule has 17 heteroatoms. The van der Waals surface area contributed by atoms with Crippen molar-refractivity contribution in [3.63, 3.8) is 0 Å². The zero-order valence-corrected chi connectivity index (χ0v) is 32.3. The van der Waals surface area contributed by atoms with Crippen LogP contribution in [0.2, 0.25) is 0 Å². The first-order valence-electron chi connectivity index (χ1n) is 19.7. The molecule has 9 rings (SSSR count). The summed E-state index contributed by atoms with van der Waals surface area (Å²) in [7, 11) is 5.23. The first-order chi connectivity index (χ1) is 27.5. The van der Waals surface area contributed by atoms with Gasteiger partial charge in [-0.3, -0.25) is 38.5 Å². The number of fused-ring (bicyclic) bond motifs is 2. The number of carbonyl (C=O) groups is 4. The molecule has 4 fully saturated rings. The number of nitrogens with one attached hydrogen (secondary N) is 2. The van der Waals surface area contributed by atoms with E-state index in [2.05, 4.69) is 35.0 Å². The molecule has 3 aliphatic heterocycles. The van der Waals surface area contributed by atoms with Crippen LogP contribution in [0.1, 0.15) is 71.5 Å². The van der Waals surface area contributed by atoms with Gasteiger partial charge in [0.25, 0.3) is 11.8 Å². The fourth-order valence-corrected chi connectivity index (χ4v) is 8.96. The van der Waals surface area contributed by atoms with E-state index in [0.29, 0.717) is 54.1 Å². The average Bonchev–Trinajstić information content (AvgIpc) is 3.91. The van der Waals surface area contributed by atoms with Gasteiger partial charge in [0, 0.05) is 96.7 Å². The highest BCUT2D eigenvalue weighted by Gasteiger charge is 2.37. The topological polar surface area (TPSA) is 176 Å². The number of piperazine rings is 1. The molecule has 3 saturated heterocycles. The summed E-state index contributed by atoms with van der Waals surface area (Å²) in [6, 6.07) is 11.0. The van der Waals surface area contributed by atoms with Gasteiger partial charge in [-0.15, -0.1) is 0 Å². The molecule has 57 heavy (non-hydrogen) atoms. The zero-order chi connectivity index (χ0) is 39.5. The number of hydrogen-bond acceptors (Lipinski definition) is 11. The third kappa shape index (κ3) is 6.48. The quantitative estimate of drug-likeness (QED) is 0.222. The number of nitrogens with zero attached hydrogens (tertiary/aromatic N) is 10. The van der Waals surface area contributed by atoms with Crippen LogP contribution in [0.25, 0.3) is 22.1 Å². The number of amides is 4. The number of piperidine rings is 1. The lowest BCUT2D eigenvalue weighted by Gasteiger charge is -2.49. The van der Waals surface area contributed by atoms with Crippen LogP contribution in [0, 0.1) is 0 Å². The van der Waals surface area contributed by atoms with Crippen LogP contribution in [-0.2, 0) is 16.6 Å². The molecule has 1 saturated carbocycles. The lowest BCUT2D eigenvalue weighted by molar-refractivity contribution is -0.135. The maximum Gasteiger partial charge on any atom is 0.329 e. The second-order valence-corrected chi connectivity index (χ2v) is 15.8. The minimum atomic E-state index is -0.727. The van der Waals surface area contributed by atoms with E-state index in [4.69, 9.17) is 4.98 Å². The largest absolute Gasteiger partial charge is 0.367 e. The summed E-state index contributed by atoms with van der Waals surface area (Å²) in [5.74, 6) is -0.0117. The number of aryl methyl sites for hydroxylation is 1. The Balaban J connectivity index is 0.817. The van der Waals surface area contributed by atoms with Crippen molar-refractivity contribution >= 4 is 63.1 Å². The van der Waals surface area contributed by atoms with Gasteiger partial charge >= 0.3 is 5.69 Å². The minimum absolute atomic E-state index is 0.0612. The molecule has 1 aromatic carbocycles. The Labute approximate surface area is 328 Å². The van der Waals surface area contributed by atoms with E-state index in [1.807, 2.05) is 29.2 Å². The molecule has 2 N–H and O–H groups in total. The predicted octanol–water partition coefficient (Wildman–Crippen LogP) is 2.66. The summed E-state index contributed by atoms with van der Waals surface area (Å²) < 4.78 is 5.19. The lowest BCUT2D eigenvalue weighted by atomic mass is 10.0. The van der Waals surface area contributed by atoms with Crippen molar-refractivity contribution in [2.45, 2.75) is 56.7 Å². The van der Waals surface area contributed by atoms with Gasteiger partial charge < -0.3 is 24.6 Å². The highest BCUT2D eigenvalue weighted by Crippen LogP contribution is 2.36. The number of aromatic nitrogens is 6. The van der Waals surface area contributed by atoms with Gasteiger partial charge in [0.2, 0.25) is 17.8 Å². The summed E-state index contributed by atoms with van der Waals surface area (Å²) in [4.78, 5) is 86.4. The average molecular weight is 775 g/mol. The molecule has 4 aliphatic rings. The van der Waals surface area contributed by atoms with E-state index in [0.717, 1.165) is 74.1 Å². The highest BCUT2D eigenvalue weighted by molar-refractivity contribution is 6.01. The normalized spacial score (nSPS) is 19.7. The Kier molecular flexibility index (Phi) is 9.26.